The summed E-state index contributed by atoms with van der Waals surface area (Å²) in [6.45, 7) is 0.759. The van der Waals surface area contributed by atoms with Gasteiger partial charge in [-0.1, -0.05) is 51.8 Å². The molecule has 0 unspecified atom stereocenters. The topological polar surface area (TPSA) is 17.8 Å². The predicted molar refractivity (Wildman–Crippen MR) is 65.4 cm³/mol. The molecule has 0 amide bonds. The number of aromatic nitrogens is 2. The molecule has 0 spiro atoms. The molecule has 0 aliphatic heterocycles. The molecule has 2 rings (SSSR count). The molecule has 0 radical (unpaired) electrons. The van der Waals surface area contributed by atoms with E-state index in [1.165, 1.54) is 11.1 Å². The molecule has 1 heterocycles. The lowest BCUT2D eigenvalue weighted by Crippen LogP contribution is -1.99. The number of nitrogens with zero attached hydrogens (tertiary/aromatic N) is 2. The summed E-state index contributed by atoms with van der Waals surface area (Å²) in [6, 6.07) is 8.42. The Hall–Kier alpha value is -0.800. The fourth-order valence-corrected chi connectivity index (χ4v) is 1.88. The maximum Gasteiger partial charge on any atom is 0.0785 e. The van der Waals surface area contributed by atoms with E-state index in [0.717, 1.165) is 11.9 Å². The minimum Gasteiger partial charge on any atom is -0.267 e. The smallest absolute Gasteiger partial charge is 0.0785 e. The molecular formula is C11H10BrClN2. The lowest BCUT2D eigenvalue weighted by molar-refractivity contribution is 0.687. The Balaban J connectivity index is 2.11. The fourth-order valence-electron chi connectivity index (χ4n) is 1.35. The van der Waals surface area contributed by atoms with Crippen LogP contribution >= 0.6 is 27.5 Å². The Labute approximate surface area is 102 Å². The van der Waals surface area contributed by atoms with Crippen LogP contribution in [0, 0.1) is 0 Å². The average molecular weight is 286 g/mol. The molecule has 15 heavy (non-hydrogen) atoms. The highest BCUT2D eigenvalue weighted by Gasteiger charge is 1.97. The van der Waals surface area contributed by atoms with Crippen LogP contribution in [-0.2, 0) is 11.9 Å². The van der Waals surface area contributed by atoms with Crippen molar-refractivity contribution in [2.75, 3.05) is 0 Å². The van der Waals surface area contributed by atoms with E-state index in [-0.39, 0.29) is 0 Å². The van der Waals surface area contributed by atoms with Crippen molar-refractivity contribution >= 4 is 27.5 Å². The highest BCUT2D eigenvalue weighted by Crippen LogP contribution is 2.10. The molecule has 0 atom stereocenters. The second-order valence-corrected chi connectivity index (χ2v) is 4.30. The van der Waals surface area contributed by atoms with Gasteiger partial charge in [0.2, 0.25) is 0 Å². The molecule has 4 heteroatoms. The van der Waals surface area contributed by atoms with Gasteiger partial charge in [-0.05, 0) is 11.1 Å². The van der Waals surface area contributed by atoms with Crippen LogP contribution in [0.3, 0.4) is 0 Å². The molecule has 2 nitrogen and oxygen atoms in total. The predicted octanol–water partition coefficient (Wildman–Crippen LogP) is 3.48. The molecule has 0 aliphatic carbocycles. The highest BCUT2D eigenvalue weighted by atomic mass is 79.9. The van der Waals surface area contributed by atoms with Crippen LogP contribution in [0.25, 0.3) is 0 Å². The summed E-state index contributed by atoms with van der Waals surface area (Å²) >= 11 is 9.20. The van der Waals surface area contributed by atoms with E-state index in [1.807, 2.05) is 10.9 Å². The highest BCUT2D eigenvalue weighted by molar-refractivity contribution is 9.08. The first-order chi connectivity index (χ1) is 7.28. The van der Waals surface area contributed by atoms with Gasteiger partial charge in [0, 0.05) is 11.5 Å². The van der Waals surface area contributed by atoms with E-state index in [4.69, 9.17) is 11.6 Å². The zero-order chi connectivity index (χ0) is 10.7. The summed E-state index contributed by atoms with van der Waals surface area (Å²) in [6.07, 6.45) is 3.47. The Kier molecular flexibility index (Phi) is 3.44. The second kappa shape index (κ2) is 4.81. The number of alkyl halides is 1. The number of halogens is 2. The van der Waals surface area contributed by atoms with Gasteiger partial charge in [0.05, 0.1) is 17.8 Å². The van der Waals surface area contributed by atoms with Crippen molar-refractivity contribution in [1.29, 1.82) is 0 Å². The zero-order valence-electron chi connectivity index (χ0n) is 8.03. The minimum atomic E-state index is 0.673. The lowest BCUT2D eigenvalue weighted by Gasteiger charge is -2.02. The van der Waals surface area contributed by atoms with Crippen molar-refractivity contribution < 1.29 is 0 Å². The van der Waals surface area contributed by atoms with Gasteiger partial charge >= 0.3 is 0 Å². The third-order valence-electron chi connectivity index (χ3n) is 2.12. The van der Waals surface area contributed by atoms with Crippen molar-refractivity contribution in [3.8, 4) is 0 Å². The summed E-state index contributed by atoms with van der Waals surface area (Å²) < 4.78 is 1.82. The van der Waals surface area contributed by atoms with Crippen LogP contribution in [0.4, 0.5) is 0 Å². The van der Waals surface area contributed by atoms with E-state index in [1.54, 1.807) is 6.20 Å². The number of rotatable bonds is 3. The SMILES string of the molecule is Clc1cnn(Cc2ccc(CBr)cc2)c1. The quantitative estimate of drug-likeness (QED) is 0.790. The van der Waals surface area contributed by atoms with Gasteiger partial charge in [0.1, 0.15) is 0 Å². The lowest BCUT2D eigenvalue weighted by atomic mass is 10.1. The fraction of sp³-hybridized carbons (Fsp3) is 0.182. The summed E-state index contributed by atoms with van der Waals surface area (Å²) in [7, 11) is 0. The maximum absolute atomic E-state index is 5.78. The van der Waals surface area contributed by atoms with Crippen molar-refractivity contribution in [3.63, 3.8) is 0 Å². The van der Waals surface area contributed by atoms with Crippen molar-refractivity contribution in [3.05, 3.63) is 52.8 Å². The van der Waals surface area contributed by atoms with Crippen LogP contribution in [0.1, 0.15) is 11.1 Å². The van der Waals surface area contributed by atoms with Gasteiger partial charge in [-0.3, -0.25) is 4.68 Å². The summed E-state index contributed by atoms with van der Waals surface area (Å²) in [5.74, 6) is 0. The maximum atomic E-state index is 5.78. The van der Waals surface area contributed by atoms with Crippen LogP contribution in [0.15, 0.2) is 36.7 Å². The molecule has 0 fully saturated rings. The van der Waals surface area contributed by atoms with Crippen LogP contribution in [0.2, 0.25) is 5.02 Å². The molecule has 1 aromatic carbocycles. The van der Waals surface area contributed by atoms with Gasteiger partial charge in [-0.15, -0.1) is 0 Å². The zero-order valence-corrected chi connectivity index (χ0v) is 10.4. The molecule has 0 N–H and O–H groups in total. The molecule has 2 aromatic rings. The molecule has 0 bridgehead atoms. The first-order valence-electron chi connectivity index (χ1n) is 4.59. The van der Waals surface area contributed by atoms with Gasteiger partial charge in [-0.2, -0.15) is 5.10 Å². The number of benzene rings is 1. The third-order valence-corrected chi connectivity index (χ3v) is 2.97. The van der Waals surface area contributed by atoms with E-state index in [0.29, 0.717) is 5.02 Å². The van der Waals surface area contributed by atoms with Gasteiger partial charge in [0.25, 0.3) is 0 Å². The molecule has 1 aromatic heterocycles. The standard InChI is InChI=1S/C11H10BrClN2/c12-5-9-1-3-10(4-2-9)7-15-8-11(13)6-14-15/h1-4,6,8H,5,7H2. The van der Waals surface area contributed by atoms with Crippen LogP contribution < -0.4 is 0 Å². The Bertz CT molecular complexity index is 436. The van der Waals surface area contributed by atoms with Crippen LogP contribution in [0.5, 0.6) is 0 Å². The summed E-state index contributed by atoms with van der Waals surface area (Å²) in [4.78, 5) is 0. The Morgan fingerprint density at radius 1 is 1.20 bits per heavy atom. The van der Waals surface area contributed by atoms with Gasteiger partial charge < -0.3 is 0 Å². The first kappa shape index (κ1) is 10.7. The largest absolute Gasteiger partial charge is 0.267 e. The average Bonchev–Trinajstić information content (AvgIpc) is 2.65. The Morgan fingerprint density at radius 3 is 2.40 bits per heavy atom. The minimum absolute atomic E-state index is 0.673. The van der Waals surface area contributed by atoms with Crippen molar-refractivity contribution in [1.82, 2.24) is 9.78 Å². The molecular weight excluding hydrogens is 275 g/mol. The monoisotopic (exact) mass is 284 g/mol. The van der Waals surface area contributed by atoms with E-state index in [2.05, 4.69) is 45.3 Å². The molecule has 0 saturated heterocycles. The van der Waals surface area contributed by atoms with Gasteiger partial charge in [0.15, 0.2) is 0 Å². The number of hydrogen-bond donors (Lipinski definition) is 0. The summed E-state index contributed by atoms with van der Waals surface area (Å²) in [5, 5.41) is 5.69. The summed E-state index contributed by atoms with van der Waals surface area (Å²) in [5.41, 5.74) is 2.50. The number of hydrogen-bond acceptors (Lipinski definition) is 1. The molecule has 78 valence electrons. The van der Waals surface area contributed by atoms with E-state index >= 15 is 0 Å². The third kappa shape index (κ3) is 2.83. The Morgan fingerprint density at radius 2 is 1.87 bits per heavy atom. The first-order valence-corrected chi connectivity index (χ1v) is 6.09. The normalized spacial score (nSPS) is 10.5. The van der Waals surface area contributed by atoms with Crippen LogP contribution in [-0.4, -0.2) is 9.78 Å². The van der Waals surface area contributed by atoms with Crippen molar-refractivity contribution in [2.45, 2.75) is 11.9 Å². The molecule has 0 aliphatic rings. The van der Waals surface area contributed by atoms with Crippen molar-refractivity contribution in [2.24, 2.45) is 0 Å². The van der Waals surface area contributed by atoms with E-state index in [9.17, 15) is 0 Å². The van der Waals surface area contributed by atoms with E-state index < -0.39 is 0 Å². The van der Waals surface area contributed by atoms with Gasteiger partial charge in [-0.25, -0.2) is 0 Å². The second-order valence-electron chi connectivity index (χ2n) is 3.31. The molecule has 0 saturated carbocycles.